The minimum Gasteiger partial charge on any atom is -0.385 e. The number of carbonyl (C=O) groups excluding carboxylic acids is 2. The number of amides is 2. The Morgan fingerprint density at radius 1 is 1.45 bits per heavy atom. The topological polar surface area (TPSA) is 87.3 Å². The molecule has 0 saturated heterocycles. The molecule has 0 saturated carbocycles. The van der Waals surface area contributed by atoms with E-state index in [1.165, 1.54) is 0 Å². The molecule has 2 heterocycles. The highest BCUT2D eigenvalue weighted by atomic mass is 16.5. The maximum absolute atomic E-state index is 12.2. The fourth-order valence-electron chi connectivity index (χ4n) is 2.57. The summed E-state index contributed by atoms with van der Waals surface area (Å²) in [5.41, 5.74) is 2.21. The number of carbonyl (C=O) groups is 2. The summed E-state index contributed by atoms with van der Waals surface area (Å²) in [4.78, 5) is 26.0. The first kappa shape index (κ1) is 16.5. The van der Waals surface area contributed by atoms with E-state index in [1.54, 1.807) is 7.11 Å². The van der Waals surface area contributed by atoms with E-state index in [9.17, 15) is 9.59 Å². The third kappa shape index (κ3) is 3.85. The third-order valence-electron chi connectivity index (χ3n) is 3.78. The highest BCUT2D eigenvalue weighted by molar-refractivity contribution is 5.94. The van der Waals surface area contributed by atoms with Crippen LogP contribution in [0.2, 0.25) is 0 Å². The van der Waals surface area contributed by atoms with Crippen LogP contribution in [-0.2, 0) is 22.5 Å². The maximum atomic E-state index is 12.2. The summed E-state index contributed by atoms with van der Waals surface area (Å²) in [5, 5.41) is 9.89. The Bertz CT molecular complexity index is 527. The van der Waals surface area contributed by atoms with Gasteiger partial charge in [0.05, 0.1) is 0 Å². The van der Waals surface area contributed by atoms with Crippen LogP contribution in [0.15, 0.2) is 0 Å². The lowest BCUT2D eigenvalue weighted by molar-refractivity contribution is -0.132. The Hall–Kier alpha value is -1.89. The normalized spacial score (nSPS) is 13.8. The van der Waals surface area contributed by atoms with Gasteiger partial charge in [-0.3, -0.25) is 14.7 Å². The van der Waals surface area contributed by atoms with Gasteiger partial charge in [0.25, 0.3) is 5.91 Å². The standard InChI is InChI=1S/C15H24N4O3/c1-3-5-13(20)19-8-6-12-11(10-19)14(18-17-12)15(21)16-7-4-9-22-2/h3-10H2,1-2H3,(H,16,21)(H,17,18). The first-order valence-electron chi connectivity index (χ1n) is 7.78. The third-order valence-corrected chi connectivity index (χ3v) is 3.78. The number of nitrogens with zero attached hydrogens (tertiary/aromatic N) is 2. The van der Waals surface area contributed by atoms with Gasteiger partial charge in [-0.05, 0) is 12.8 Å². The average molecular weight is 308 g/mol. The van der Waals surface area contributed by atoms with E-state index in [4.69, 9.17) is 4.74 Å². The van der Waals surface area contributed by atoms with Crippen LogP contribution >= 0.6 is 0 Å². The summed E-state index contributed by atoms with van der Waals surface area (Å²) in [6.07, 6.45) is 2.86. The number of aromatic amines is 1. The molecule has 2 amide bonds. The van der Waals surface area contributed by atoms with Gasteiger partial charge in [0.2, 0.25) is 5.91 Å². The van der Waals surface area contributed by atoms with E-state index in [-0.39, 0.29) is 11.8 Å². The summed E-state index contributed by atoms with van der Waals surface area (Å²) < 4.78 is 4.95. The van der Waals surface area contributed by atoms with Crippen molar-refractivity contribution in [1.29, 1.82) is 0 Å². The minimum absolute atomic E-state index is 0.140. The largest absolute Gasteiger partial charge is 0.385 e. The number of fused-ring (bicyclic) bond motifs is 1. The molecule has 0 spiro atoms. The van der Waals surface area contributed by atoms with Gasteiger partial charge in [-0.25, -0.2) is 0 Å². The lowest BCUT2D eigenvalue weighted by atomic mass is 10.0. The van der Waals surface area contributed by atoms with Crippen molar-refractivity contribution in [2.45, 2.75) is 39.2 Å². The van der Waals surface area contributed by atoms with Gasteiger partial charge >= 0.3 is 0 Å². The van der Waals surface area contributed by atoms with Gasteiger partial charge in [-0.15, -0.1) is 0 Å². The van der Waals surface area contributed by atoms with Crippen molar-refractivity contribution in [1.82, 2.24) is 20.4 Å². The smallest absolute Gasteiger partial charge is 0.272 e. The van der Waals surface area contributed by atoms with Crippen LogP contribution < -0.4 is 5.32 Å². The van der Waals surface area contributed by atoms with E-state index in [1.807, 2.05) is 11.8 Å². The zero-order valence-electron chi connectivity index (χ0n) is 13.3. The zero-order chi connectivity index (χ0) is 15.9. The monoisotopic (exact) mass is 308 g/mol. The second-order valence-corrected chi connectivity index (χ2v) is 5.45. The Morgan fingerprint density at radius 2 is 2.27 bits per heavy atom. The predicted molar refractivity (Wildman–Crippen MR) is 81.4 cm³/mol. The number of rotatable bonds is 7. The number of methoxy groups -OCH3 is 1. The molecule has 122 valence electrons. The number of H-pyrrole nitrogens is 1. The number of aromatic nitrogens is 2. The number of hydrogen-bond donors (Lipinski definition) is 2. The van der Waals surface area contributed by atoms with Gasteiger partial charge in [0.1, 0.15) is 0 Å². The Morgan fingerprint density at radius 3 is 3.00 bits per heavy atom. The molecular formula is C15H24N4O3. The molecule has 0 atom stereocenters. The molecule has 0 bridgehead atoms. The van der Waals surface area contributed by atoms with E-state index in [2.05, 4.69) is 15.5 Å². The molecule has 1 aromatic rings. The first-order chi connectivity index (χ1) is 10.7. The zero-order valence-corrected chi connectivity index (χ0v) is 13.3. The number of hydrogen-bond acceptors (Lipinski definition) is 4. The van der Waals surface area contributed by atoms with Crippen molar-refractivity contribution in [3.63, 3.8) is 0 Å². The van der Waals surface area contributed by atoms with Gasteiger partial charge in [-0.2, -0.15) is 5.10 Å². The number of ether oxygens (including phenoxy) is 1. The molecule has 0 fully saturated rings. The molecule has 7 nitrogen and oxygen atoms in total. The summed E-state index contributed by atoms with van der Waals surface area (Å²) in [6.45, 7) is 4.30. The van der Waals surface area contributed by atoms with Crippen LogP contribution in [0.25, 0.3) is 0 Å². The maximum Gasteiger partial charge on any atom is 0.272 e. The van der Waals surface area contributed by atoms with Crippen LogP contribution in [0.4, 0.5) is 0 Å². The number of nitrogens with one attached hydrogen (secondary N) is 2. The molecule has 1 aromatic heterocycles. The minimum atomic E-state index is -0.196. The van der Waals surface area contributed by atoms with E-state index < -0.39 is 0 Å². The van der Waals surface area contributed by atoms with Crippen molar-refractivity contribution in [3.8, 4) is 0 Å². The summed E-state index contributed by atoms with van der Waals surface area (Å²) in [7, 11) is 1.63. The SMILES string of the molecule is CCCC(=O)N1CCc2[nH]nc(C(=O)NCCCOC)c2C1. The lowest BCUT2D eigenvalue weighted by Crippen LogP contribution is -2.36. The highest BCUT2D eigenvalue weighted by Crippen LogP contribution is 2.21. The summed E-state index contributed by atoms with van der Waals surface area (Å²) >= 11 is 0. The van der Waals surface area contributed by atoms with Crippen LogP contribution in [0.3, 0.4) is 0 Å². The quantitative estimate of drug-likeness (QED) is 0.731. The average Bonchev–Trinajstić information content (AvgIpc) is 2.94. The van der Waals surface area contributed by atoms with Gasteiger partial charge < -0.3 is 15.0 Å². The van der Waals surface area contributed by atoms with Crippen LogP contribution in [0, 0.1) is 0 Å². The van der Waals surface area contributed by atoms with Crippen LogP contribution in [0.1, 0.15) is 47.9 Å². The molecule has 1 aliphatic heterocycles. The van der Waals surface area contributed by atoms with Crippen molar-refractivity contribution >= 4 is 11.8 Å². The molecule has 1 aliphatic rings. The second kappa shape index (κ2) is 7.93. The van der Waals surface area contributed by atoms with Crippen molar-refractivity contribution < 1.29 is 14.3 Å². The molecule has 2 N–H and O–H groups in total. The highest BCUT2D eigenvalue weighted by Gasteiger charge is 2.27. The Kier molecular flexibility index (Phi) is 5.94. The van der Waals surface area contributed by atoms with Crippen molar-refractivity contribution in [2.75, 3.05) is 26.8 Å². The summed E-state index contributed by atoms with van der Waals surface area (Å²) in [6, 6.07) is 0. The van der Waals surface area contributed by atoms with Gasteiger partial charge in [-0.1, -0.05) is 6.92 Å². The van der Waals surface area contributed by atoms with E-state index in [0.29, 0.717) is 38.4 Å². The van der Waals surface area contributed by atoms with Crippen molar-refractivity contribution in [2.24, 2.45) is 0 Å². The molecular weight excluding hydrogens is 284 g/mol. The molecule has 0 radical (unpaired) electrons. The molecule has 0 aromatic carbocycles. The fourth-order valence-corrected chi connectivity index (χ4v) is 2.57. The van der Waals surface area contributed by atoms with Gasteiger partial charge in [0.15, 0.2) is 5.69 Å². The summed E-state index contributed by atoms with van der Waals surface area (Å²) in [5.74, 6) is -0.0563. The lowest BCUT2D eigenvalue weighted by Gasteiger charge is -2.27. The molecule has 7 heteroatoms. The Labute approximate surface area is 130 Å². The van der Waals surface area contributed by atoms with Crippen molar-refractivity contribution in [3.05, 3.63) is 17.0 Å². The van der Waals surface area contributed by atoms with E-state index in [0.717, 1.165) is 30.5 Å². The Balaban J connectivity index is 2.00. The molecule has 2 rings (SSSR count). The van der Waals surface area contributed by atoms with E-state index >= 15 is 0 Å². The molecule has 22 heavy (non-hydrogen) atoms. The second-order valence-electron chi connectivity index (χ2n) is 5.45. The van der Waals surface area contributed by atoms with Crippen LogP contribution in [-0.4, -0.2) is 53.7 Å². The molecule has 0 unspecified atom stereocenters. The molecule has 0 aliphatic carbocycles. The fraction of sp³-hybridized carbons (Fsp3) is 0.667. The first-order valence-corrected chi connectivity index (χ1v) is 7.78. The van der Waals surface area contributed by atoms with Crippen LogP contribution in [0.5, 0.6) is 0 Å². The predicted octanol–water partition coefficient (Wildman–Crippen LogP) is 0.861. The van der Waals surface area contributed by atoms with Gasteiger partial charge in [0, 0.05) is 57.4 Å².